The van der Waals surface area contributed by atoms with Crippen molar-refractivity contribution in [3.05, 3.63) is 34.1 Å². The van der Waals surface area contributed by atoms with Gasteiger partial charge in [0.1, 0.15) is 5.82 Å². The molecule has 0 aliphatic heterocycles. The maximum atomic E-state index is 13.6. The van der Waals surface area contributed by atoms with E-state index in [2.05, 4.69) is 4.74 Å². The lowest BCUT2D eigenvalue weighted by atomic mass is 10.1. The Bertz CT molecular complexity index is 354. The van der Waals surface area contributed by atoms with Gasteiger partial charge >= 0.3 is 0 Å². The number of hydrogen-bond acceptors (Lipinski definition) is 2. The molecule has 1 aliphatic carbocycles. The second kappa shape index (κ2) is 4.08. The number of hydrogen-bond donors (Lipinski definition) is 1. The molecule has 4 heteroatoms. The highest BCUT2D eigenvalue weighted by atomic mass is 35.5. The lowest BCUT2D eigenvalue weighted by molar-refractivity contribution is -0.0789. The van der Waals surface area contributed by atoms with E-state index in [4.69, 9.17) is 11.6 Å². The fraction of sp³-hybridized carbons (Fsp3) is 0.455. The zero-order valence-electron chi connectivity index (χ0n) is 8.34. The molecule has 15 heavy (non-hydrogen) atoms. The fourth-order valence-electron chi connectivity index (χ4n) is 1.61. The highest BCUT2D eigenvalue weighted by Crippen LogP contribution is 2.42. The predicted molar refractivity (Wildman–Crippen MR) is 55.4 cm³/mol. The van der Waals surface area contributed by atoms with Crippen molar-refractivity contribution in [1.29, 1.82) is 0 Å². The Morgan fingerprint density at radius 3 is 2.67 bits per heavy atom. The topological polar surface area (TPSA) is 29.5 Å². The van der Waals surface area contributed by atoms with Gasteiger partial charge in [0, 0.05) is 7.11 Å². The highest BCUT2D eigenvalue weighted by Gasteiger charge is 2.26. The summed E-state index contributed by atoms with van der Waals surface area (Å²) in [5, 5.41) is 9.62. The van der Waals surface area contributed by atoms with Crippen LogP contribution in [0, 0.1) is 5.82 Å². The maximum absolute atomic E-state index is 13.6. The first kappa shape index (κ1) is 10.9. The first-order valence-electron chi connectivity index (χ1n) is 4.83. The third kappa shape index (κ3) is 2.14. The average molecular weight is 231 g/mol. The number of halogens is 2. The number of aliphatic hydroxyl groups is 1. The first-order valence-corrected chi connectivity index (χ1v) is 5.21. The molecule has 0 heterocycles. The van der Waals surface area contributed by atoms with Crippen LogP contribution >= 0.6 is 11.6 Å². The Morgan fingerprint density at radius 1 is 1.53 bits per heavy atom. The van der Waals surface area contributed by atoms with E-state index < -0.39 is 12.1 Å². The van der Waals surface area contributed by atoms with Crippen LogP contribution in [-0.4, -0.2) is 12.2 Å². The molecule has 82 valence electrons. The summed E-state index contributed by atoms with van der Waals surface area (Å²) < 4.78 is 18.3. The monoisotopic (exact) mass is 230 g/mol. The van der Waals surface area contributed by atoms with Gasteiger partial charge in [0.25, 0.3) is 0 Å². The third-order valence-corrected chi connectivity index (χ3v) is 2.93. The molecule has 0 bridgehead atoms. The van der Waals surface area contributed by atoms with Gasteiger partial charge < -0.3 is 9.84 Å². The van der Waals surface area contributed by atoms with Crippen molar-refractivity contribution in [3.8, 4) is 0 Å². The van der Waals surface area contributed by atoms with E-state index in [1.807, 2.05) is 0 Å². The molecule has 2 rings (SSSR count). The van der Waals surface area contributed by atoms with E-state index in [9.17, 15) is 9.50 Å². The van der Waals surface area contributed by atoms with Crippen LogP contribution in [0.3, 0.4) is 0 Å². The van der Waals surface area contributed by atoms with Gasteiger partial charge in [-0.25, -0.2) is 4.39 Å². The summed E-state index contributed by atoms with van der Waals surface area (Å²) >= 11 is 5.90. The van der Waals surface area contributed by atoms with Crippen molar-refractivity contribution >= 4 is 11.6 Å². The van der Waals surface area contributed by atoms with Gasteiger partial charge in [-0.15, -0.1) is 0 Å². The molecule has 0 spiro atoms. The van der Waals surface area contributed by atoms with Gasteiger partial charge in [0.2, 0.25) is 0 Å². The number of ether oxygens (including phenoxy) is 1. The van der Waals surface area contributed by atoms with Gasteiger partial charge in [0.15, 0.2) is 6.29 Å². The van der Waals surface area contributed by atoms with E-state index in [1.54, 1.807) is 6.07 Å². The number of benzene rings is 1. The third-order valence-electron chi connectivity index (χ3n) is 2.62. The summed E-state index contributed by atoms with van der Waals surface area (Å²) in [6.07, 6.45) is 0.870. The van der Waals surface area contributed by atoms with Crippen molar-refractivity contribution in [2.75, 3.05) is 7.11 Å². The molecular formula is C11H12ClFO2. The highest BCUT2D eigenvalue weighted by molar-refractivity contribution is 6.31. The van der Waals surface area contributed by atoms with Crippen LogP contribution < -0.4 is 0 Å². The summed E-state index contributed by atoms with van der Waals surface area (Å²) in [4.78, 5) is 0. The molecule has 1 aromatic carbocycles. The lowest BCUT2D eigenvalue weighted by Crippen LogP contribution is -2.04. The molecule has 1 N–H and O–H groups in total. The van der Waals surface area contributed by atoms with Gasteiger partial charge in [-0.05, 0) is 36.5 Å². The maximum Gasteiger partial charge on any atom is 0.185 e. The molecule has 1 saturated carbocycles. The Balaban J connectivity index is 2.39. The zero-order valence-corrected chi connectivity index (χ0v) is 9.09. The van der Waals surface area contributed by atoms with Crippen molar-refractivity contribution < 1.29 is 14.2 Å². The van der Waals surface area contributed by atoms with Crippen LogP contribution in [0.5, 0.6) is 0 Å². The molecule has 0 saturated heterocycles. The molecule has 2 nitrogen and oxygen atoms in total. The average Bonchev–Trinajstić information content (AvgIpc) is 2.99. The molecular weight excluding hydrogens is 219 g/mol. The molecule has 0 aromatic heterocycles. The van der Waals surface area contributed by atoms with Gasteiger partial charge in [-0.3, -0.25) is 0 Å². The van der Waals surface area contributed by atoms with Crippen molar-refractivity contribution in [2.24, 2.45) is 0 Å². The van der Waals surface area contributed by atoms with Crippen LogP contribution in [0.25, 0.3) is 0 Å². The first-order chi connectivity index (χ1) is 7.13. The van der Waals surface area contributed by atoms with Crippen molar-refractivity contribution in [3.63, 3.8) is 0 Å². The van der Waals surface area contributed by atoms with Crippen molar-refractivity contribution in [1.82, 2.24) is 0 Å². The number of aliphatic hydroxyl groups excluding tert-OH is 1. The minimum Gasteiger partial charge on any atom is -0.364 e. The van der Waals surface area contributed by atoms with Crippen LogP contribution in [0.15, 0.2) is 12.1 Å². The van der Waals surface area contributed by atoms with E-state index in [1.165, 1.54) is 13.2 Å². The van der Waals surface area contributed by atoms with Crippen LogP contribution in [0.4, 0.5) is 4.39 Å². The van der Waals surface area contributed by atoms with E-state index in [-0.39, 0.29) is 10.6 Å². The zero-order chi connectivity index (χ0) is 11.0. The SMILES string of the molecule is COC(O)c1c(F)cc(C2CC2)cc1Cl. The molecule has 1 fully saturated rings. The summed E-state index contributed by atoms with van der Waals surface area (Å²) in [6, 6.07) is 3.14. The molecule has 1 atom stereocenters. The van der Waals surface area contributed by atoms with E-state index in [0.29, 0.717) is 5.92 Å². The van der Waals surface area contributed by atoms with Crippen molar-refractivity contribution in [2.45, 2.75) is 25.0 Å². The van der Waals surface area contributed by atoms with Gasteiger partial charge in [-0.2, -0.15) is 0 Å². The predicted octanol–water partition coefficient (Wildman–Crippen LogP) is 2.99. The molecule has 1 unspecified atom stereocenters. The van der Waals surface area contributed by atoms with Crippen LogP contribution in [0.1, 0.15) is 36.2 Å². The van der Waals surface area contributed by atoms with Gasteiger partial charge in [0.05, 0.1) is 10.6 Å². The largest absolute Gasteiger partial charge is 0.364 e. The van der Waals surface area contributed by atoms with Crippen LogP contribution in [-0.2, 0) is 4.74 Å². The normalized spacial score (nSPS) is 17.9. The van der Waals surface area contributed by atoms with E-state index in [0.717, 1.165) is 18.4 Å². The minimum absolute atomic E-state index is 0.0172. The summed E-state index contributed by atoms with van der Waals surface area (Å²) in [5.41, 5.74) is 0.924. The second-order valence-electron chi connectivity index (χ2n) is 3.76. The fourth-order valence-corrected chi connectivity index (χ4v) is 1.92. The van der Waals surface area contributed by atoms with E-state index >= 15 is 0 Å². The Labute approximate surface area is 92.6 Å². The number of methoxy groups -OCH3 is 1. The summed E-state index contributed by atoms with van der Waals surface area (Å²) in [6.45, 7) is 0. The standard InChI is InChI=1S/C11H12ClFO2/c1-15-11(14)10-8(12)4-7(5-9(10)13)6-2-3-6/h4-6,11,14H,2-3H2,1H3. The van der Waals surface area contributed by atoms with Gasteiger partial charge in [-0.1, -0.05) is 11.6 Å². The lowest BCUT2D eigenvalue weighted by Gasteiger charge is -2.13. The summed E-state index contributed by atoms with van der Waals surface area (Å²) in [7, 11) is 1.30. The smallest absolute Gasteiger partial charge is 0.185 e. The minimum atomic E-state index is -1.30. The molecule has 0 radical (unpaired) electrons. The Hall–Kier alpha value is -0.640. The quantitative estimate of drug-likeness (QED) is 0.809. The number of rotatable bonds is 3. The molecule has 1 aromatic rings. The Morgan fingerprint density at radius 2 is 2.20 bits per heavy atom. The molecule has 0 amide bonds. The summed E-state index contributed by atoms with van der Waals surface area (Å²) in [5.74, 6) is -0.0653. The molecule has 1 aliphatic rings. The van der Waals surface area contributed by atoms with Crippen LogP contribution in [0.2, 0.25) is 5.02 Å². The second-order valence-corrected chi connectivity index (χ2v) is 4.17. The Kier molecular flexibility index (Phi) is 2.96.